The van der Waals surface area contributed by atoms with E-state index in [4.69, 9.17) is 11.6 Å². The van der Waals surface area contributed by atoms with Crippen LogP contribution in [-0.4, -0.2) is 27.0 Å². The number of aryl methyl sites for hydroxylation is 1. The Hall–Kier alpha value is -1.79. The lowest BCUT2D eigenvalue weighted by Gasteiger charge is -2.12. The van der Waals surface area contributed by atoms with Gasteiger partial charge in [0, 0.05) is 17.1 Å². The van der Waals surface area contributed by atoms with Gasteiger partial charge in [0.25, 0.3) is 5.56 Å². The molecule has 0 bridgehead atoms. The molecule has 0 radical (unpaired) electrons. The Labute approximate surface area is 149 Å². The highest BCUT2D eigenvalue weighted by atomic mass is 35.5. The number of rotatable bonds is 5. The maximum Gasteiger partial charge on any atom is 0.271 e. The van der Waals surface area contributed by atoms with E-state index in [1.807, 2.05) is 19.9 Å². The lowest BCUT2D eigenvalue weighted by molar-refractivity contribution is -0.120. The third-order valence-electron chi connectivity index (χ3n) is 3.77. The molecule has 5 nitrogen and oxygen atoms in total. The molecule has 1 amide bonds. The Morgan fingerprint density at radius 3 is 2.79 bits per heavy atom. The van der Waals surface area contributed by atoms with E-state index in [1.165, 1.54) is 22.5 Å². The highest BCUT2D eigenvalue weighted by Gasteiger charge is 2.26. The molecule has 1 aromatic carbocycles. The van der Waals surface area contributed by atoms with Gasteiger partial charge < -0.3 is 5.32 Å². The molecule has 0 spiro atoms. The van der Waals surface area contributed by atoms with Gasteiger partial charge in [0.1, 0.15) is 5.03 Å². The van der Waals surface area contributed by atoms with Gasteiger partial charge in [-0.3, -0.25) is 9.59 Å². The molecule has 7 heteroatoms. The summed E-state index contributed by atoms with van der Waals surface area (Å²) in [5.41, 5.74) is 1.30. The predicted molar refractivity (Wildman–Crippen MR) is 96.1 cm³/mol. The second kappa shape index (κ2) is 6.99. The summed E-state index contributed by atoms with van der Waals surface area (Å²) in [4.78, 5) is 24.2. The molecule has 0 aliphatic heterocycles. The van der Waals surface area contributed by atoms with Crippen LogP contribution in [0, 0.1) is 6.92 Å². The van der Waals surface area contributed by atoms with Gasteiger partial charge in [-0.25, -0.2) is 0 Å². The van der Waals surface area contributed by atoms with Gasteiger partial charge >= 0.3 is 0 Å². The average Bonchev–Trinajstić information content (AvgIpc) is 3.36. The summed E-state index contributed by atoms with van der Waals surface area (Å²) in [5, 5.41) is 8.25. The second-order valence-corrected chi connectivity index (χ2v) is 7.67. The van der Waals surface area contributed by atoms with Crippen molar-refractivity contribution < 1.29 is 4.79 Å². The van der Waals surface area contributed by atoms with E-state index in [-0.39, 0.29) is 16.7 Å². The zero-order valence-corrected chi connectivity index (χ0v) is 15.0. The van der Waals surface area contributed by atoms with E-state index in [0.717, 1.165) is 18.4 Å². The molecule has 1 heterocycles. The van der Waals surface area contributed by atoms with Crippen molar-refractivity contribution in [3.63, 3.8) is 0 Å². The van der Waals surface area contributed by atoms with Crippen LogP contribution in [0.5, 0.6) is 0 Å². The van der Waals surface area contributed by atoms with Crippen molar-refractivity contribution in [2.24, 2.45) is 0 Å². The number of halogens is 1. The molecule has 1 N–H and O–H groups in total. The first-order valence-electron chi connectivity index (χ1n) is 7.78. The van der Waals surface area contributed by atoms with Crippen molar-refractivity contribution in [3.05, 3.63) is 51.3 Å². The van der Waals surface area contributed by atoms with Gasteiger partial charge in [0.2, 0.25) is 5.91 Å². The van der Waals surface area contributed by atoms with Crippen LogP contribution in [0.15, 0.2) is 40.2 Å². The number of hydrogen-bond acceptors (Lipinski definition) is 4. The van der Waals surface area contributed by atoms with Crippen LogP contribution < -0.4 is 10.9 Å². The Bertz CT molecular complexity index is 833. The third-order valence-corrected chi connectivity index (χ3v) is 5.20. The number of carbonyl (C=O) groups is 1. The molecular weight excluding hydrogens is 346 g/mol. The summed E-state index contributed by atoms with van der Waals surface area (Å²) in [5.74, 6) is 0.000398. The summed E-state index contributed by atoms with van der Waals surface area (Å²) < 4.78 is 1.30. The fraction of sp³-hybridized carbons (Fsp3) is 0.353. The van der Waals surface area contributed by atoms with Gasteiger partial charge in [-0.05, 0) is 50.5 Å². The summed E-state index contributed by atoms with van der Waals surface area (Å²) >= 11 is 7.47. The Morgan fingerprint density at radius 1 is 1.38 bits per heavy atom. The van der Waals surface area contributed by atoms with E-state index >= 15 is 0 Å². The van der Waals surface area contributed by atoms with E-state index in [2.05, 4.69) is 10.4 Å². The van der Waals surface area contributed by atoms with Gasteiger partial charge in [-0.15, -0.1) is 0 Å². The average molecular weight is 364 g/mol. The monoisotopic (exact) mass is 363 g/mol. The molecule has 126 valence electrons. The number of aromatic nitrogens is 2. The minimum atomic E-state index is -0.273. The van der Waals surface area contributed by atoms with E-state index in [1.54, 1.807) is 18.2 Å². The number of hydrogen-bond donors (Lipinski definition) is 1. The fourth-order valence-electron chi connectivity index (χ4n) is 2.14. The van der Waals surface area contributed by atoms with Gasteiger partial charge in [-0.1, -0.05) is 29.4 Å². The highest BCUT2D eigenvalue weighted by molar-refractivity contribution is 8.00. The molecule has 1 atom stereocenters. The summed E-state index contributed by atoms with van der Waals surface area (Å²) in [6.45, 7) is 3.73. The van der Waals surface area contributed by atoms with E-state index in [0.29, 0.717) is 21.8 Å². The van der Waals surface area contributed by atoms with Crippen LogP contribution >= 0.6 is 23.4 Å². The van der Waals surface area contributed by atoms with Gasteiger partial charge in [-0.2, -0.15) is 9.78 Å². The maximum absolute atomic E-state index is 12.1. The highest BCUT2D eigenvalue weighted by Crippen LogP contribution is 2.24. The summed E-state index contributed by atoms with van der Waals surface area (Å²) in [6, 6.07) is 8.78. The number of nitrogens with zero attached hydrogens (tertiary/aromatic N) is 2. The summed E-state index contributed by atoms with van der Waals surface area (Å²) in [7, 11) is 0. The molecule has 1 aliphatic rings. The van der Waals surface area contributed by atoms with Crippen LogP contribution in [0.4, 0.5) is 0 Å². The fourth-order valence-corrected chi connectivity index (χ4v) is 3.12. The maximum atomic E-state index is 12.1. The smallest absolute Gasteiger partial charge is 0.271 e. The topological polar surface area (TPSA) is 64.0 Å². The van der Waals surface area contributed by atoms with Crippen molar-refractivity contribution in [3.8, 4) is 5.69 Å². The van der Waals surface area contributed by atoms with Crippen molar-refractivity contribution in [2.75, 3.05) is 0 Å². The molecule has 1 aliphatic carbocycles. The normalized spacial score (nSPS) is 15.1. The minimum absolute atomic E-state index is 0.000398. The Kier molecular flexibility index (Phi) is 4.96. The zero-order valence-electron chi connectivity index (χ0n) is 13.5. The van der Waals surface area contributed by atoms with Crippen LogP contribution in [0.25, 0.3) is 5.69 Å². The molecule has 0 saturated heterocycles. The van der Waals surface area contributed by atoms with Crippen LogP contribution in [0.1, 0.15) is 25.3 Å². The van der Waals surface area contributed by atoms with Gasteiger partial charge in [0.05, 0.1) is 10.9 Å². The standard InChI is InChI=1S/C17H18ClN3O2S/c1-10-3-6-13(9-14(10)18)21-16(22)8-7-15(20-21)24-11(2)17(23)19-12-4-5-12/h3,6-9,11-12H,4-5H2,1-2H3,(H,19,23)/t11-/m1/s1. The largest absolute Gasteiger partial charge is 0.352 e. The lowest BCUT2D eigenvalue weighted by atomic mass is 10.2. The Morgan fingerprint density at radius 2 is 2.12 bits per heavy atom. The SMILES string of the molecule is Cc1ccc(-n2nc(S[C@H](C)C(=O)NC3CC3)ccc2=O)cc1Cl. The van der Waals surface area contributed by atoms with Crippen molar-refractivity contribution in [1.82, 2.24) is 15.1 Å². The molecule has 1 fully saturated rings. The van der Waals surface area contributed by atoms with Crippen molar-refractivity contribution in [2.45, 2.75) is 43.0 Å². The number of benzene rings is 1. The second-order valence-electron chi connectivity index (χ2n) is 5.90. The number of carbonyl (C=O) groups excluding carboxylic acids is 1. The first-order chi connectivity index (χ1) is 11.4. The summed E-state index contributed by atoms with van der Waals surface area (Å²) in [6.07, 6.45) is 2.11. The third kappa shape index (κ3) is 3.99. The lowest BCUT2D eigenvalue weighted by Crippen LogP contribution is -2.32. The first-order valence-corrected chi connectivity index (χ1v) is 9.04. The van der Waals surface area contributed by atoms with Gasteiger partial charge in [0.15, 0.2) is 0 Å². The number of nitrogens with one attached hydrogen (secondary N) is 1. The zero-order chi connectivity index (χ0) is 17.3. The molecular formula is C17H18ClN3O2S. The van der Waals surface area contributed by atoms with E-state index < -0.39 is 0 Å². The molecule has 24 heavy (non-hydrogen) atoms. The molecule has 3 rings (SSSR count). The Balaban J connectivity index is 1.81. The number of thioether (sulfide) groups is 1. The first kappa shape index (κ1) is 17.0. The van der Waals surface area contributed by atoms with Crippen molar-refractivity contribution >= 4 is 29.3 Å². The van der Waals surface area contributed by atoms with E-state index in [9.17, 15) is 9.59 Å². The molecule has 1 aromatic heterocycles. The molecule has 1 saturated carbocycles. The van der Waals surface area contributed by atoms with Crippen LogP contribution in [0.3, 0.4) is 0 Å². The molecule has 0 unspecified atom stereocenters. The number of amides is 1. The minimum Gasteiger partial charge on any atom is -0.352 e. The predicted octanol–water partition coefficient (Wildman–Crippen LogP) is 2.95. The van der Waals surface area contributed by atoms with Crippen LogP contribution in [0.2, 0.25) is 5.02 Å². The quantitative estimate of drug-likeness (QED) is 0.829. The van der Waals surface area contributed by atoms with Crippen molar-refractivity contribution in [1.29, 1.82) is 0 Å². The van der Waals surface area contributed by atoms with Crippen LogP contribution in [-0.2, 0) is 4.79 Å². The molecule has 2 aromatic rings.